The van der Waals surface area contributed by atoms with Gasteiger partial charge in [0.1, 0.15) is 10.7 Å². The quantitative estimate of drug-likeness (QED) is 0.763. The minimum Gasteiger partial charge on any atom is -0.383 e. The van der Waals surface area contributed by atoms with Gasteiger partial charge < -0.3 is 5.73 Å². The highest BCUT2D eigenvalue weighted by Crippen LogP contribution is 2.28. The first-order valence-electron chi connectivity index (χ1n) is 6.27. The summed E-state index contributed by atoms with van der Waals surface area (Å²) in [4.78, 5) is 0.0340. The molecule has 0 radical (unpaired) electrons. The average molecular weight is 272 g/mol. The molecule has 1 saturated carbocycles. The molecule has 0 bridgehead atoms. The fourth-order valence-corrected chi connectivity index (χ4v) is 3.48. The van der Waals surface area contributed by atoms with Crippen LogP contribution in [0.1, 0.15) is 32.6 Å². The van der Waals surface area contributed by atoms with E-state index in [1.54, 1.807) is 0 Å². The molecule has 1 aromatic rings. The predicted molar refractivity (Wildman–Crippen MR) is 69.3 cm³/mol. The third-order valence-electron chi connectivity index (χ3n) is 3.62. The van der Waals surface area contributed by atoms with Crippen LogP contribution in [0.5, 0.6) is 0 Å². The van der Waals surface area contributed by atoms with Crippen LogP contribution < -0.4 is 10.5 Å². The van der Waals surface area contributed by atoms with E-state index in [0.29, 0.717) is 12.5 Å². The zero-order valence-corrected chi connectivity index (χ0v) is 11.3. The number of nitrogen functional groups attached to an aromatic ring is 1. The van der Waals surface area contributed by atoms with Gasteiger partial charge in [-0.1, -0.05) is 19.8 Å². The van der Waals surface area contributed by atoms with Crippen LogP contribution in [0.4, 0.5) is 5.82 Å². The summed E-state index contributed by atoms with van der Waals surface area (Å²) in [6.45, 7) is 2.73. The van der Waals surface area contributed by atoms with Gasteiger partial charge in [-0.05, 0) is 24.7 Å². The summed E-state index contributed by atoms with van der Waals surface area (Å²) in [5, 5.41) is 6.05. The number of hydrogen-bond donors (Lipinski definition) is 3. The molecule has 18 heavy (non-hydrogen) atoms. The Morgan fingerprint density at radius 3 is 2.67 bits per heavy atom. The van der Waals surface area contributed by atoms with Crippen molar-refractivity contribution in [2.24, 2.45) is 11.8 Å². The third kappa shape index (κ3) is 3.02. The lowest BCUT2D eigenvalue weighted by Gasteiger charge is -2.26. The summed E-state index contributed by atoms with van der Waals surface area (Å²) in [6, 6.07) is 0. The molecule has 2 rings (SSSR count). The van der Waals surface area contributed by atoms with E-state index < -0.39 is 10.0 Å². The molecule has 0 aromatic carbocycles. The van der Waals surface area contributed by atoms with Gasteiger partial charge in [-0.3, -0.25) is 5.10 Å². The molecule has 0 saturated heterocycles. The number of nitrogens with zero attached hydrogens (tertiary/aromatic N) is 1. The molecule has 0 unspecified atom stereocenters. The topological polar surface area (TPSA) is 101 Å². The molecule has 4 N–H and O–H groups in total. The van der Waals surface area contributed by atoms with Crippen molar-refractivity contribution in [2.75, 3.05) is 12.3 Å². The number of H-pyrrole nitrogens is 1. The first kappa shape index (κ1) is 13.4. The van der Waals surface area contributed by atoms with Crippen molar-refractivity contribution < 1.29 is 8.42 Å². The molecule has 0 aliphatic heterocycles. The van der Waals surface area contributed by atoms with Gasteiger partial charge in [-0.15, -0.1) is 0 Å². The van der Waals surface area contributed by atoms with Crippen molar-refractivity contribution in [2.45, 2.75) is 37.5 Å². The van der Waals surface area contributed by atoms with Gasteiger partial charge in [-0.2, -0.15) is 5.10 Å². The van der Waals surface area contributed by atoms with Gasteiger partial charge >= 0.3 is 0 Å². The van der Waals surface area contributed by atoms with E-state index in [0.717, 1.165) is 18.8 Å². The smallest absolute Gasteiger partial charge is 0.245 e. The van der Waals surface area contributed by atoms with Crippen LogP contribution in [0.15, 0.2) is 11.1 Å². The number of sulfonamides is 1. The molecule has 0 amide bonds. The zero-order chi connectivity index (χ0) is 13.2. The Labute approximate surface area is 107 Å². The van der Waals surface area contributed by atoms with Gasteiger partial charge in [0.2, 0.25) is 10.0 Å². The minimum absolute atomic E-state index is 0.0340. The molecule has 1 heterocycles. The average Bonchev–Trinajstić information content (AvgIpc) is 2.76. The number of aromatic amines is 1. The summed E-state index contributed by atoms with van der Waals surface area (Å²) in [5.41, 5.74) is 5.52. The largest absolute Gasteiger partial charge is 0.383 e. The van der Waals surface area contributed by atoms with Gasteiger partial charge in [0.25, 0.3) is 0 Å². The van der Waals surface area contributed by atoms with Crippen LogP contribution in [-0.2, 0) is 10.0 Å². The van der Waals surface area contributed by atoms with Crippen molar-refractivity contribution in [3.63, 3.8) is 0 Å². The van der Waals surface area contributed by atoms with Crippen LogP contribution in [-0.4, -0.2) is 25.2 Å². The van der Waals surface area contributed by atoms with Crippen molar-refractivity contribution in [3.8, 4) is 0 Å². The lowest BCUT2D eigenvalue weighted by Crippen LogP contribution is -2.31. The van der Waals surface area contributed by atoms with Gasteiger partial charge in [0.05, 0.1) is 6.20 Å². The van der Waals surface area contributed by atoms with E-state index in [4.69, 9.17) is 5.73 Å². The molecule has 0 spiro atoms. The number of aromatic nitrogens is 2. The Morgan fingerprint density at radius 2 is 2.11 bits per heavy atom. The molecule has 6 nitrogen and oxygen atoms in total. The maximum Gasteiger partial charge on any atom is 0.245 e. The predicted octanol–water partition coefficient (Wildman–Crippen LogP) is 1.10. The summed E-state index contributed by atoms with van der Waals surface area (Å²) in [6.07, 6.45) is 5.77. The van der Waals surface area contributed by atoms with E-state index >= 15 is 0 Å². The second-order valence-corrected chi connectivity index (χ2v) is 6.86. The van der Waals surface area contributed by atoms with E-state index in [1.807, 2.05) is 0 Å². The van der Waals surface area contributed by atoms with Crippen LogP contribution in [0.3, 0.4) is 0 Å². The Bertz CT molecular complexity index is 489. The van der Waals surface area contributed by atoms with E-state index in [9.17, 15) is 8.42 Å². The maximum atomic E-state index is 12.0. The molecule has 1 aromatic heterocycles. The molecular formula is C11H20N4O2S. The Morgan fingerprint density at radius 1 is 1.44 bits per heavy atom. The second-order valence-electron chi connectivity index (χ2n) is 5.13. The SMILES string of the molecule is CC1CCC(CNS(=O)(=O)c2cn[nH]c2N)CC1. The normalized spacial score (nSPS) is 25.2. The van der Waals surface area contributed by atoms with Crippen LogP contribution in [0.25, 0.3) is 0 Å². The lowest BCUT2D eigenvalue weighted by molar-refractivity contribution is 0.290. The van der Waals surface area contributed by atoms with Crippen LogP contribution >= 0.6 is 0 Å². The summed E-state index contributed by atoms with van der Waals surface area (Å²) in [7, 11) is -3.53. The van der Waals surface area contributed by atoms with E-state index in [1.165, 1.54) is 19.0 Å². The third-order valence-corrected chi connectivity index (χ3v) is 5.07. The monoisotopic (exact) mass is 272 g/mol. The number of hydrogen-bond acceptors (Lipinski definition) is 4. The highest BCUT2D eigenvalue weighted by molar-refractivity contribution is 7.89. The minimum atomic E-state index is -3.53. The van der Waals surface area contributed by atoms with E-state index in [-0.39, 0.29) is 10.7 Å². The molecule has 1 aliphatic rings. The number of anilines is 1. The summed E-state index contributed by atoms with van der Waals surface area (Å²) < 4.78 is 26.6. The van der Waals surface area contributed by atoms with Crippen molar-refractivity contribution in [1.29, 1.82) is 0 Å². The maximum absolute atomic E-state index is 12.0. The Kier molecular flexibility index (Phi) is 3.91. The first-order chi connectivity index (χ1) is 8.49. The van der Waals surface area contributed by atoms with Crippen molar-refractivity contribution >= 4 is 15.8 Å². The van der Waals surface area contributed by atoms with Crippen molar-refractivity contribution in [3.05, 3.63) is 6.20 Å². The highest BCUT2D eigenvalue weighted by Gasteiger charge is 2.23. The summed E-state index contributed by atoms with van der Waals surface area (Å²) in [5.74, 6) is 1.28. The second kappa shape index (κ2) is 5.27. The molecule has 1 fully saturated rings. The molecule has 102 valence electrons. The molecule has 1 aliphatic carbocycles. The Hall–Kier alpha value is -1.08. The number of nitrogens with one attached hydrogen (secondary N) is 2. The molecular weight excluding hydrogens is 252 g/mol. The number of rotatable bonds is 4. The lowest BCUT2D eigenvalue weighted by atomic mass is 9.83. The fraction of sp³-hybridized carbons (Fsp3) is 0.727. The zero-order valence-electron chi connectivity index (χ0n) is 10.5. The number of nitrogens with two attached hydrogens (primary N) is 1. The van der Waals surface area contributed by atoms with E-state index in [2.05, 4.69) is 21.8 Å². The first-order valence-corrected chi connectivity index (χ1v) is 7.76. The summed E-state index contributed by atoms with van der Waals surface area (Å²) >= 11 is 0. The highest BCUT2D eigenvalue weighted by atomic mass is 32.2. The van der Waals surface area contributed by atoms with Gasteiger partial charge in [0.15, 0.2) is 0 Å². The molecule has 0 atom stereocenters. The van der Waals surface area contributed by atoms with Gasteiger partial charge in [0, 0.05) is 6.54 Å². The van der Waals surface area contributed by atoms with Crippen LogP contribution in [0.2, 0.25) is 0 Å². The van der Waals surface area contributed by atoms with Crippen molar-refractivity contribution in [1.82, 2.24) is 14.9 Å². The Balaban J connectivity index is 1.92. The fourth-order valence-electron chi connectivity index (χ4n) is 2.34. The standard InChI is InChI=1S/C11H20N4O2S/c1-8-2-4-9(5-3-8)6-14-18(16,17)10-7-13-15-11(10)12/h7-9,14H,2-6H2,1H3,(H3,12,13,15). The molecule has 7 heteroatoms. The van der Waals surface area contributed by atoms with Crippen LogP contribution in [0, 0.1) is 11.8 Å². The van der Waals surface area contributed by atoms with Gasteiger partial charge in [-0.25, -0.2) is 13.1 Å².